The van der Waals surface area contributed by atoms with Crippen molar-refractivity contribution >= 4 is 17.7 Å². The number of benzene rings is 1. The molecule has 102 valence electrons. The second-order valence-electron chi connectivity index (χ2n) is 3.58. The maximum atomic E-state index is 12.7. The van der Waals surface area contributed by atoms with Gasteiger partial charge in [0.05, 0.1) is 7.11 Å². The second-order valence-corrected chi connectivity index (χ2v) is 3.58. The van der Waals surface area contributed by atoms with Crippen LogP contribution in [0.5, 0.6) is 0 Å². The van der Waals surface area contributed by atoms with Crippen LogP contribution < -0.4 is 5.32 Å². The van der Waals surface area contributed by atoms with E-state index in [0.29, 0.717) is 10.7 Å². The van der Waals surface area contributed by atoms with E-state index in [2.05, 4.69) is 15.3 Å². The molecule has 0 aliphatic heterocycles. The summed E-state index contributed by atoms with van der Waals surface area (Å²) in [4.78, 5) is 23.1. The molecule has 0 spiro atoms. The van der Waals surface area contributed by atoms with Gasteiger partial charge in [-0.3, -0.25) is 0 Å². The Morgan fingerprint density at radius 1 is 1.42 bits per heavy atom. The third-order valence-electron chi connectivity index (χ3n) is 2.32. The number of esters is 1. The summed E-state index contributed by atoms with van der Waals surface area (Å²) in [5, 5.41) is 5.97. The van der Waals surface area contributed by atoms with Gasteiger partial charge in [0.15, 0.2) is 6.04 Å². The Morgan fingerprint density at radius 2 is 2.00 bits per heavy atom. The fourth-order valence-electron chi connectivity index (χ4n) is 1.29. The molecular formula is C11H13FN4O3. The number of amides is 2. The van der Waals surface area contributed by atoms with Crippen LogP contribution in [-0.2, 0) is 9.53 Å². The third kappa shape index (κ3) is 3.73. The zero-order valence-electron chi connectivity index (χ0n) is 10.4. The van der Waals surface area contributed by atoms with E-state index in [1.807, 2.05) is 0 Å². The van der Waals surface area contributed by atoms with E-state index in [-0.39, 0.29) is 0 Å². The van der Waals surface area contributed by atoms with E-state index in [9.17, 15) is 14.0 Å². The van der Waals surface area contributed by atoms with Crippen molar-refractivity contribution in [3.05, 3.63) is 30.1 Å². The number of anilines is 1. The van der Waals surface area contributed by atoms with Crippen molar-refractivity contribution in [2.75, 3.05) is 12.4 Å². The highest BCUT2D eigenvalue weighted by Gasteiger charge is 2.26. The first-order valence-corrected chi connectivity index (χ1v) is 5.30. The summed E-state index contributed by atoms with van der Waals surface area (Å²) in [5.74, 6) is -1.15. The molecule has 0 saturated heterocycles. The summed E-state index contributed by atoms with van der Waals surface area (Å²) in [6, 6.07) is 3.20. The Labute approximate surface area is 108 Å². The summed E-state index contributed by atoms with van der Waals surface area (Å²) >= 11 is 0. The van der Waals surface area contributed by atoms with Gasteiger partial charge >= 0.3 is 12.0 Å². The number of rotatable bonds is 4. The highest BCUT2D eigenvalue weighted by molar-refractivity contribution is 5.92. The number of carbonyl (C=O) groups excluding carboxylic acids is 2. The molecule has 8 heteroatoms. The first-order valence-electron chi connectivity index (χ1n) is 5.30. The lowest BCUT2D eigenvalue weighted by molar-refractivity contribution is -0.145. The van der Waals surface area contributed by atoms with Crippen molar-refractivity contribution in [3.63, 3.8) is 0 Å². The zero-order valence-corrected chi connectivity index (χ0v) is 10.4. The van der Waals surface area contributed by atoms with Gasteiger partial charge in [-0.25, -0.2) is 14.0 Å². The van der Waals surface area contributed by atoms with Crippen LogP contribution in [0, 0.1) is 11.3 Å². The van der Waals surface area contributed by atoms with Gasteiger partial charge in [-0.2, -0.15) is 10.5 Å². The molecule has 7 nitrogen and oxygen atoms in total. The van der Waals surface area contributed by atoms with E-state index in [1.165, 1.54) is 38.3 Å². The van der Waals surface area contributed by atoms with Gasteiger partial charge in [-0.1, -0.05) is 5.22 Å². The number of hydrogen-bond acceptors (Lipinski definition) is 5. The van der Waals surface area contributed by atoms with E-state index < -0.39 is 23.9 Å². The van der Waals surface area contributed by atoms with Gasteiger partial charge in [0.2, 0.25) is 0 Å². The van der Waals surface area contributed by atoms with Crippen LogP contribution in [0.1, 0.15) is 6.92 Å². The third-order valence-corrected chi connectivity index (χ3v) is 2.32. The molecule has 1 rings (SSSR count). The van der Waals surface area contributed by atoms with E-state index >= 15 is 0 Å². The number of carbonyl (C=O) groups is 2. The molecule has 1 unspecified atom stereocenters. The van der Waals surface area contributed by atoms with Gasteiger partial charge in [-0.15, -0.1) is 0 Å². The maximum absolute atomic E-state index is 12.7. The summed E-state index contributed by atoms with van der Waals surface area (Å²) < 4.78 is 17.2. The van der Waals surface area contributed by atoms with Crippen LogP contribution in [0.2, 0.25) is 0 Å². The van der Waals surface area contributed by atoms with Crippen LogP contribution in [0.15, 0.2) is 29.5 Å². The number of hydrogen-bond donors (Lipinski definition) is 2. The quantitative estimate of drug-likeness (QED) is 0.497. The largest absolute Gasteiger partial charge is 0.467 e. The number of methoxy groups -OCH3 is 1. The number of nitrogens with zero attached hydrogens (tertiary/aromatic N) is 2. The first-order chi connectivity index (χ1) is 8.99. The standard InChI is InChI=1S/C11H13FN4O3/c1-7(10(17)19-2)16(15-13)11(18)14-9-5-3-8(12)4-6-9/h3-7,13H,1-2H3,(H,14,18). The number of urea groups is 1. The van der Waals surface area contributed by atoms with Crippen molar-refractivity contribution in [2.45, 2.75) is 13.0 Å². The average molecular weight is 268 g/mol. The van der Waals surface area contributed by atoms with Crippen molar-refractivity contribution in [1.29, 1.82) is 5.53 Å². The van der Waals surface area contributed by atoms with E-state index in [4.69, 9.17) is 5.53 Å². The van der Waals surface area contributed by atoms with Crippen molar-refractivity contribution < 1.29 is 18.7 Å². The maximum Gasteiger partial charge on any atom is 0.344 e. The predicted octanol–water partition coefficient (Wildman–Crippen LogP) is 2.17. The molecule has 0 fully saturated rings. The molecular weight excluding hydrogens is 255 g/mol. The Bertz CT molecular complexity index is 477. The van der Waals surface area contributed by atoms with Gasteiger partial charge < -0.3 is 10.1 Å². The van der Waals surface area contributed by atoms with Crippen LogP contribution in [-0.4, -0.2) is 30.2 Å². The average Bonchev–Trinajstić information content (AvgIpc) is 2.41. The lowest BCUT2D eigenvalue weighted by Gasteiger charge is -2.20. The molecule has 0 heterocycles. The molecule has 0 saturated carbocycles. The molecule has 2 N–H and O–H groups in total. The molecule has 0 aromatic heterocycles. The van der Waals surface area contributed by atoms with Gasteiger partial charge in [0.1, 0.15) is 5.82 Å². The number of nitrogens with one attached hydrogen (secondary N) is 2. The van der Waals surface area contributed by atoms with Gasteiger partial charge in [0.25, 0.3) is 0 Å². The molecule has 2 amide bonds. The Balaban J connectivity index is 2.77. The second kappa shape index (κ2) is 6.43. The summed E-state index contributed by atoms with van der Waals surface area (Å²) in [5.41, 5.74) is 7.23. The van der Waals surface area contributed by atoms with Crippen LogP contribution >= 0.6 is 0 Å². The minimum Gasteiger partial charge on any atom is -0.467 e. The number of ether oxygens (including phenoxy) is 1. The minimum atomic E-state index is -1.04. The van der Waals surface area contributed by atoms with Crippen molar-refractivity contribution in [1.82, 2.24) is 5.01 Å². The van der Waals surface area contributed by atoms with Crippen LogP contribution in [0.3, 0.4) is 0 Å². The molecule has 19 heavy (non-hydrogen) atoms. The van der Waals surface area contributed by atoms with E-state index in [1.54, 1.807) is 0 Å². The number of halogens is 1. The molecule has 0 radical (unpaired) electrons. The fourth-order valence-corrected chi connectivity index (χ4v) is 1.29. The highest BCUT2D eigenvalue weighted by Crippen LogP contribution is 2.11. The topological polar surface area (TPSA) is 94.8 Å². The van der Waals surface area contributed by atoms with Crippen molar-refractivity contribution in [3.8, 4) is 0 Å². The lowest BCUT2D eigenvalue weighted by atomic mass is 10.3. The van der Waals surface area contributed by atoms with Crippen LogP contribution in [0.4, 0.5) is 14.9 Å². The summed E-state index contributed by atoms with van der Waals surface area (Å²) in [6.07, 6.45) is 0. The van der Waals surface area contributed by atoms with Crippen molar-refractivity contribution in [2.24, 2.45) is 5.22 Å². The molecule has 1 aromatic rings. The smallest absolute Gasteiger partial charge is 0.344 e. The lowest BCUT2D eigenvalue weighted by Crippen LogP contribution is -2.42. The fraction of sp³-hybridized carbons (Fsp3) is 0.273. The van der Waals surface area contributed by atoms with Crippen LogP contribution in [0.25, 0.3) is 0 Å². The SMILES string of the molecule is COC(=O)C(C)N(N=N)C(=O)Nc1ccc(F)cc1. The van der Waals surface area contributed by atoms with E-state index in [0.717, 1.165) is 0 Å². The minimum absolute atomic E-state index is 0.317. The monoisotopic (exact) mass is 268 g/mol. The zero-order chi connectivity index (χ0) is 14.4. The predicted molar refractivity (Wildman–Crippen MR) is 63.9 cm³/mol. The summed E-state index contributed by atoms with van der Waals surface area (Å²) in [6.45, 7) is 1.37. The first kappa shape index (κ1) is 14.6. The molecule has 0 bridgehead atoms. The molecule has 1 atom stereocenters. The normalized spacial score (nSPS) is 11.3. The van der Waals surface area contributed by atoms with Gasteiger partial charge in [-0.05, 0) is 31.2 Å². The molecule has 0 aliphatic carbocycles. The van der Waals surface area contributed by atoms with Gasteiger partial charge in [0, 0.05) is 5.69 Å². The Hall–Kier alpha value is -2.51. The summed E-state index contributed by atoms with van der Waals surface area (Å²) in [7, 11) is 1.17. The molecule has 0 aliphatic rings. The molecule has 1 aromatic carbocycles. The highest BCUT2D eigenvalue weighted by atomic mass is 19.1. The Morgan fingerprint density at radius 3 is 2.47 bits per heavy atom. The Kier molecular flexibility index (Phi) is 4.92.